The second kappa shape index (κ2) is 9.24. The third kappa shape index (κ3) is 5.35. The fraction of sp³-hybridized carbons (Fsp3) is 0.579. The number of aliphatic carboxylic acids is 1. The van der Waals surface area contributed by atoms with Gasteiger partial charge in [-0.1, -0.05) is 11.6 Å². The van der Waals surface area contributed by atoms with Gasteiger partial charge in [0.25, 0.3) is 0 Å². The van der Waals surface area contributed by atoms with E-state index in [9.17, 15) is 9.59 Å². The van der Waals surface area contributed by atoms with Crippen molar-refractivity contribution in [1.29, 1.82) is 0 Å². The van der Waals surface area contributed by atoms with E-state index >= 15 is 0 Å². The SMILES string of the molecule is COc1cc(Cl)c(C)cc1NC(=O)C(C)N1CCCC(CCC(=O)O)C1. The first-order valence-electron chi connectivity index (χ1n) is 8.92. The summed E-state index contributed by atoms with van der Waals surface area (Å²) in [6.07, 6.45) is 2.83. The number of carbonyl (C=O) groups is 2. The number of carboxylic acids is 1. The van der Waals surface area contributed by atoms with Gasteiger partial charge in [-0.05, 0) is 57.2 Å². The van der Waals surface area contributed by atoms with Gasteiger partial charge < -0.3 is 15.2 Å². The monoisotopic (exact) mass is 382 g/mol. The highest BCUT2D eigenvalue weighted by Gasteiger charge is 2.28. The van der Waals surface area contributed by atoms with E-state index in [4.69, 9.17) is 21.4 Å². The van der Waals surface area contributed by atoms with Crippen LogP contribution < -0.4 is 10.1 Å². The maximum absolute atomic E-state index is 12.7. The zero-order valence-electron chi connectivity index (χ0n) is 15.5. The first-order chi connectivity index (χ1) is 12.3. The zero-order valence-corrected chi connectivity index (χ0v) is 16.3. The number of halogens is 1. The van der Waals surface area contributed by atoms with E-state index in [1.165, 1.54) is 7.11 Å². The quantitative estimate of drug-likeness (QED) is 0.753. The van der Waals surface area contributed by atoms with Crippen LogP contribution in [0.1, 0.15) is 38.2 Å². The predicted octanol–water partition coefficient (Wildman–Crippen LogP) is 3.56. The highest BCUT2D eigenvalue weighted by molar-refractivity contribution is 6.31. The van der Waals surface area contributed by atoms with Gasteiger partial charge in [-0.25, -0.2) is 0 Å². The first kappa shape index (κ1) is 20.5. The molecule has 144 valence electrons. The molecule has 26 heavy (non-hydrogen) atoms. The van der Waals surface area contributed by atoms with Crippen LogP contribution in [0.5, 0.6) is 5.75 Å². The minimum atomic E-state index is -0.766. The number of hydrogen-bond donors (Lipinski definition) is 2. The van der Waals surface area contributed by atoms with E-state index in [0.717, 1.165) is 31.5 Å². The molecule has 0 radical (unpaired) electrons. The number of anilines is 1. The molecule has 1 aromatic rings. The van der Waals surface area contributed by atoms with Crippen LogP contribution in [-0.4, -0.2) is 48.1 Å². The molecule has 1 heterocycles. The van der Waals surface area contributed by atoms with Crippen molar-refractivity contribution >= 4 is 29.2 Å². The standard InChI is InChI=1S/C19H27ClN2O4/c1-12-9-16(17(26-3)10-15(12)20)21-19(25)13(2)22-8-4-5-14(11-22)6-7-18(23)24/h9-10,13-14H,4-8,11H2,1-3H3,(H,21,25)(H,23,24). The molecule has 7 heteroatoms. The number of carbonyl (C=O) groups excluding carboxylic acids is 1. The average molecular weight is 383 g/mol. The molecule has 6 nitrogen and oxygen atoms in total. The molecule has 0 aliphatic carbocycles. The van der Waals surface area contributed by atoms with Crippen LogP contribution in [-0.2, 0) is 9.59 Å². The van der Waals surface area contributed by atoms with Gasteiger partial charge in [-0.3, -0.25) is 14.5 Å². The molecule has 1 saturated heterocycles. The Hall–Kier alpha value is -1.79. The molecule has 0 saturated carbocycles. The number of carboxylic acid groups (broad SMARTS) is 1. The minimum Gasteiger partial charge on any atom is -0.495 e. The normalized spacial score (nSPS) is 19.0. The third-order valence-electron chi connectivity index (χ3n) is 4.98. The third-order valence-corrected chi connectivity index (χ3v) is 5.39. The number of benzene rings is 1. The van der Waals surface area contributed by atoms with Gasteiger partial charge in [0, 0.05) is 24.1 Å². The van der Waals surface area contributed by atoms with Crippen molar-refractivity contribution in [2.45, 2.75) is 45.6 Å². The Kier molecular flexibility index (Phi) is 7.29. The number of ether oxygens (including phenoxy) is 1. The topological polar surface area (TPSA) is 78.9 Å². The van der Waals surface area contributed by atoms with Gasteiger partial charge in [0.05, 0.1) is 18.8 Å². The maximum atomic E-state index is 12.7. The number of hydrogen-bond acceptors (Lipinski definition) is 4. The number of rotatable bonds is 7. The van der Waals surface area contributed by atoms with E-state index in [0.29, 0.717) is 28.8 Å². The summed E-state index contributed by atoms with van der Waals surface area (Å²) in [6.45, 7) is 5.34. The van der Waals surface area contributed by atoms with Crippen molar-refractivity contribution in [2.75, 3.05) is 25.5 Å². The molecule has 0 spiro atoms. The Labute approximate surface area is 159 Å². The van der Waals surface area contributed by atoms with Gasteiger partial charge in [0.15, 0.2) is 0 Å². The molecule has 1 aromatic carbocycles. The van der Waals surface area contributed by atoms with Crippen molar-refractivity contribution in [2.24, 2.45) is 5.92 Å². The summed E-state index contributed by atoms with van der Waals surface area (Å²) in [6, 6.07) is 3.20. The summed E-state index contributed by atoms with van der Waals surface area (Å²) in [5.41, 5.74) is 1.47. The van der Waals surface area contributed by atoms with Crippen LogP contribution in [0.15, 0.2) is 12.1 Å². The number of nitrogens with zero attached hydrogens (tertiary/aromatic N) is 1. The molecule has 1 aliphatic heterocycles. The lowest BCUT2D eigenvalue weighted by Gasteiger charge is -2.36. The number of aryl methyl sites for hydroxylation is 1. The Morgan fingerprint density at radius 2 is 2.19 bits per heavy atom. The van der Waals surface area contributed by atoms with E-state index in [1.54, 1.807) is 12.1 Å². The Morgan fingerprint density at radius 3 is 2.85 bits per heavy atom. The summed E-state index contributed by atoms with van der Waals surface area (Å²) < 4.78 is 5.31. The largest absolute Gasteiger partial charge is 0.495 e. The minimum absolute atomic E-state index is 0.107. The van der Waals surface area contributed by atoms with Crippen molar-refractivity contribution in [3.8, 4) is 5.75 Å². The van der Waals surface area contributed by atoms with Crippen LogP contribution in [0.3, 0.4) is 0 Å². The molecule has 2 unspecified atom stereocenters. The van der Waals surface area contributed by atoms with Crippen molar-refractivity contribution in [1.82, 2.24) is 4.90 Å². The maximum Gasteiger partial charge on any atom is 0.303 e. The van der Waals surface area contributed by atoms with E-state index < -0.39 is 5.97 Å². The lowest BCUT2D eigenvalue weighted by Crippen LogP contribution is -2.47. The molecule has 0 bridgehead atoms. The summed E-state index contributed by atoms with van der Waals surface area (Å²) in [7, 11) is 1.54. The molecule has 1 fully saturated rings. The Morgan fingerprint density at radius 1 is 1.46 bits per heavy atom. The van der Waals surface area contributed by atoms with E-state index in [2.05, 4.69) is 10.2 Å². The van der Waals surface area contributed by atoms with Gasteiger partial charge >= 0.3 is 5.97 Å². The van der Waals surface area contributed by atoms with Gasteiger partial charge in [0.1, 0.15) is 5.75 Å². The molecule has 0 aromatic heterocycles. The predicted molar refractivity (Wildman–Crippen MR) is 102 cm³/mol. The lowest BCUT2D eigenvalue weighted by molar-refractivity contribution is -0.137. The second-order valence-electron chi connectivity index (χ2n) is 6.90. The molecule has 1 aliphatic rings. The average Bonchev–Trinajstić information content (AvgIpc) is 2.62. The number of nitrogens with one attached hydrogen (secondary N) is 1. The first-order valence-corrected chi connectivity index (χ1v) is 9.30. The highest BCUT2D eigenvalue weighted by Crippen LogP contribution is 2.31. The number of methoxy groups -OCH3 is 1. The van der Waals surface area contributed by atoms with Crippen LogP contribution in [0, 0.1) is 12.8 Å². The van der Waals surface area contributed by atoms with Crippen molar-refractivity contribution in [3.63, 3.8) is 0 Å². The number of likely N-dealkylation sites (tertiary alicyclic amines) is 1. The van der Waals surface area contributed by atoms with Gasteiger partial charge in [-0.2, -0.15) is 0 Å². The molecular weight excluding hydrogens is 356 g/mol. The van der Waals surface area contributed by atoms with Gasteiger partial charge in [-0.15, -0.1) is 0 Å². The van der Waals surface area contributed by atoms with Crippen LogP contribution in [0.2, 0.25) is 5.02 Å². The summed E-state index contributed by atoms with van der Waals surface area (Å²) in [5, 5.41) is 12.4. The summed E-state index contributed by atoms with van der Waals surface area (Å²) >= 11 is 6.11. The van der Waals surface area contributed by atoms with Crippen molar-refractivity contribution in [3.05, 3.63) is 22.7 Å². The van der Waals surface area contributed by atoms with Crippen LogP contribution in [0.25, 0.3) is 0 Å². The van der Waals surface area contributed by atoms with Crippen LogP contribution >= 0.6 is 11.6 Å². The summed E-state index contributed by atoms with van der Waals surface area (Å²) in [4.78, 5) is 25.6. The smallest absolute Gasteiger partial charge is 0.303 e. The highest BCUT2D eigenvalue weighted by atomic mass is 35.5. The van der Waals surface area contributed by atoms with E-state index in [1.807, 2.05) is 13.8 Å². The fourth-order valence-electron chi connectivity index (χ4n) is 3.35. The molecule has 2 atom stereocenters. The second-order valence-corrected chi connectivity index (χ2v) is 7.31. The number of amides is 1. The summed E-state index contributed by atoms with van der Waals surface area (Å²) in [5.74, 6) is -0.0245. The lowest BCUT2D eigenvalue weighted by atomic mass is 9.92. The Bertz CT molecular complexity index is 665. The molecule has 1 amide bonds. The van der Waals surface area contributed by atoms with Gasteiger partial charge in [0.2, 0.25) is 5.91 Å². The fourth-order valence-corrected chi connectivity index (χ4v) is 3.50. The van der Waals surface area contributed by atoms with Crippen molar-refractivity contribution < 1.29 is 19.4 Å². The molecular formula is C19H27ClN2O4. The van der Waals surface area contributed by atoms with E-state index in [-0.39, 0.29) is 18.4 Å². The van der Waals surface area contributed by atoms with Crippen LogP contribution in [0.4, 0.5) is 5.69 Å². The zero-order chi connectivity index (χ0) is 19.3. The molecule has 2 N–H and O–H groups in total. The Balaban J connectivity index is 2.01. The number of piperidine rings is 1. The molecule has 2 rings (SSSR count).